The van der Waals surface area contributed by atoms with Crippen molar-refractivity contribution < 1.29 is 22.9 Å². The first-order valence-corrected chi connectivity index (χ1v) is 10.4. The van der Waals surface area contributed by atoms with E-state index < -0.39 is 39.2 Å². The summed E-state index contributed by atoms with van der Waals surface area (Å²) in [4.78, 5) is 32.7. The molecule has 3 aromatic rings. The lowest BCUT2D eigenvalue weighted by atomic mass is 10.1. The van der Waals surface area contributed by atoms with Crippen molar-refractivity contribution in [3.63, 3.8) is 0 Å². The van der Waals surface area contributed by atoms with Crippen molar-refractivity contribution in [1.82, 2.24) is 9.97 Å². The average Bonchev–Trinajstić information content (AvgIpc) is 3.11. The van der Waals surface area contributed by atoms with Gasteiger partial charge in [0.2, 0.25) is 5.91 Å². The SMILES string of the molecule is CCc1cc2c(SC(C)C(=O)Nc3ccc([N+](=O)[O-])cc3C(F)(F)F)ncnc2s1. The molecule has 0 saturated carbocycles. The van der Waals surface area contributed by atoms with Gasteiger partial charge in [0.1, 0.15) is 16.2 Å². The van der Waals surface area contributed by atoms with Crippen LogP contribution in [0.25, 0.3) is 10.2 Å². The number of thiophene rings is 1. The van der Waals surface area contributed by atoms with Crippen molar-refractivity contribution in [2.45, 2.75) is 36.7 Å². The van der Waals surface area contributed by atoms with Crippen LogP contribution in [0.2, 0.25) is 0 Å². The van der Waals surface area contributed by atoms with E-state index in [1.54, 1.807) is 6.92 Å². The first-order valence-electron chi connectivity index (χ1n) is 8.66. The third kappa shape index (κ3) is 4.70. The van der Waals surface area contributed by atoms with E-state index in [4.69, 9.17) is 0 Å². The second-order valence-electron chi connectivity index (χ2n) is 6.20. The average molecular weight is 456 g/mol. The van der Waals surface area contributed by atoms with E-state index in [9.17, 15) is 28.1 Å². The zero-order chi connectivity index (χ0) is 22.1. The van der Waals surface area contributed by atoms with Gasteiger partial charge in [-0.2, -0.15) is 13.2 Å². The van der Waals surface area contributed by atoms with Gasteiger partial charge in [0.15, 0.2) is 0 Å². The number of benzene rings is 1. The number of thioether (sulfide) groups is 1. The highest BCUT2D eigenvalue weighted by atomic mass is 32.2. The fraction of sp³-hybridized carbons (Fsp3) is 0.278. The summed E-state index contributed by atoms with van der Waals surface area (Å²) in [6.07, 6.45) is -2.66. The fourth-order valence-electron chi connectivity index (χ4n) is 2.60. The number of aryl methyl sites for hydroxylation is 1. The Morgan fingerprint density at radius 1 is 1.33 bits per heavy atom. The molecule has 1 aromatic carbocycles. The number of hydrogen-bond donors (Lipinski definition) is 1. The molecule has 0 spiro atoms. The molecule has 0 aliphatic rings. The van der Waals surface area contributed by atoms with Gasteiger partial charge in [-0.25, -0.2) is 9.97 Å². The van der Waals surface area contributed by atoms with Crippen molar-refractivity contribution in [3.05, 3.63) is 51.1 Å². The molecular formula is C18H15F3N4O3S2. The van der Waals surface area contributed by atoms with Gasteiger partial charge in [-0.15, -0.1) is 11.3 Å². The lowest BCUT2D eigenvalue weighted by Gasteiger charge is -2.16. The first kappa shape index (κ1) is 22.0. The predicted molar refractivity (Wildman–Crippen MR) is 109 cm³/mol. The van der Waals surface area contributed by atoms with Crippen LogP contribution >= 0.6 is 23.1 Å². The Balaban J connectivity index is 1.83. The van der Waals surface area contributed by atoms with Crippen LogP contribution in [0.5, 0.6) is 0 Å². The molecule has 3 rings (SSSR count). The van der Waals surface area contributed by atoms with E-state index in [1.165, 1.54) is 17.7 Å². The normalized spacial score (nSPS) is 12.7. The minimum absolute atomic E-state index is 0.402. The molecule has 0 saturated heterocycles. The summed E-state index contributed by atoms with van der Waals surface area (Å²) >= 11 is 2.61. The predicted octanol–water partition coefficient (Wildman–Crippen LogP) is 5.30. The summed E-state index contributed by atoms with van der Waals surface area (Å²) < 4.78 is 39.9. The van der Waals surface area contributed by atoms with Crippen LogP contribution in [0, 0.1) is 10.1 Å². The zero-order valence-corrected chi connectivity index (χ0v) is 17.3. The minimum atomic E-state index is -4.86. The lowest BCUT2D eigenvalue weighted by molar-refractivity contribution is -0.385. The number of amides is 1. The molecule has 7 nitrogen and oxygen atoms in total. The van der Waals surface area contributed by atoms with Crippen LogP contribution in [-0.4, -0.2) is 26.0 Å². The van der Waals surface area contributed by atoms with Gasteiger partial charge in [0.25, 0.3) is 5.69 Å². The van der Waals surface area contributed by atoms with E-state index in [0.29, 0.717) is 11.1 Å². The van der Waals surface area contributed by atoms with Crippen LogP contribution in [0.1, 0.15) is 24.3 Å². The second-order valence-corrected chi connectivity index (χ2v) is 8.64. The summed E-state index contributed by atoms with van der Waals surface area (Å²) in [6, 6.07) is 4.13. The van der Waals surface area contributed by atoms with E-state index in [1.807, 2.05) is 13.0 Å². The Morgan fingerprint density at radius 3 is 2.70 bits per heavy atom. The first-order chi connectivity index (χ1) is 14.1. The van der Waals surface area contributed by atoms with E-state index >= 15 is 0 Å². The van der Waals surface area contributed by atoms with Crippen LogP contribution < -0.4 is 5.32 Å². The summed E-state index contributed by atoms with van der Waals surface area (Å²) in [5, 5.41) is 13.6. The van der Waals surface area contributed by atoms with Gasteiger partial charge >= 0.3 is 6.18 Å². The van der Waals surface area contributed by atoms with E-state index in [2.05, 4.69) is 15.3 Å². The minimum Gasteiger partial charge on any atom is -0.325 e. The molecule has 1 atom stereocenters. The third-order valence-electron chi connectivity index (χ3n) is 4.13. The molecular weight excluding hydrogens is 441 g/mol. The highest BCUT2D eigenvalue weighted by molar-refractivity contribution is 8.00. The molecule has 158 valence electrons. The Kier molecular flexibility index (Phi) is 6.27. The highest BCUT2D eigenvalue weighted by Crippen LogP contribution is 2.38. The molecule has 0 fully saturated rings. The number of nitro groups is 1. The molecule has 2 heterocycles. The van der Waals surface area contributed by atoms with Crippen molar-refractivity contribution in [2.75, 3.05) is 5.32 Å². The molecule has 1 amide bonds. The number of carbonyl (C=O) groups is 1. The van der Waals surface area contributed by atoms with Crippen molar-refractivity contribution in [1.29, 1.82) is 0 Å². The van der Waals surface area contributed by atoms with Crippen LogP contribution in [0.4, 0.5) is 24.5 Å². The largest absolute Gasteiger partial charge is 0.418 e. The van der Waals surface area contributed by atoms with Crippen LogP contribution in [-0.2, 0) is 17.4 Å². The molecule has 0 bridgehead atoms. The number of nitro benzene ring substituents is 1. The zero-order valence-electron chi connectivity index (χ0n) is 15.7. The molecule has 0 aliphatic carbocycles. The number of non-ortho nitro benzene ring substituents is 1. The fourth-order valence-corrected chi connectivity index (χ4v) is 4.49. The summed E-state index contributed by atoms with van der Waals surface area (Å²) in [5.41, 5.74) is -2.53. The number of alkyl halides is 3. The number of nitrogens with one attached hydrogen (secondary N) is 1. The topological polar surface area (TPSA) is 98.0 Å². The Bertz CT molecular complexity index is 1120. The highest BCUT2D eigenvalue weighted by Gasteiger charge is 2.36. The summed E-state index contributed by atoms with van der Waals surface area (Å²) in [6.45, 7) is 3.54. The maximum Gasteiger partial charge on any atom is 0.418 e. The number of halogens is 3. The summed E-state index contributed by atoms with van der Waals surface area (Å²) in [7, 11) is 0. The Morgan fingerprint density at radius 2 is 2.07 bits per heavy atom. The molecule has 1 unspecified atom stereocenters. The van der Waals surface area contributed by atoms with Gasteiger partial charge in [-0.05, 0) is 25.5 Å². The molecule has 0 aliphatic heterocycles. The number of carbonyl (C=O) groups excluding carboxylic acids is 1. The van der Waals surface area contributed by atoms with Gasteiger partial charge in [-0.1, -0.05) is 18.7 Å². The van der Waals surface area contributed by atoms with Crippen molar-refractivity contribution in [2.24, 2.45) is 0 Å². The van der Waals surface area contributed by atoms with Crippen LogP contribution in [0.15, 0.2) is 35.6 Å². The van der Waals surface area contributed by atoms with Gasteiger partial charge in [0, 0.05) is 22.4 Å². The summed E-state index contributed by atoms with van der Waals surface area (Å²) in [5.74, 6) is -0.683. The second kappa shape index (κ2) is 8.56. The maximum atomic E-state index is 13.3. The van der Waals surface area contributed by atoms with E-state index in [0.717, 1.165) is 45.4 Å². The van der Waals surface area contributed by atoms with Gasteiger partial charge in [0.05, 0.1) is 21.4 Å². The molecule has 2 aromatic heterocycles. The number of fused-ring (bicyclic) bond motifs is 1. The Labute approximate surface area is 176 Å². The third-order valence-corrected chi connectivity index (χ3v) is 6.43. The number of rotatable bonds is 6. The Hall–Kier alpha value is -2.73. The lowest BCUT2D eigenvalue weighted by Crippen LogP contribution is -2.24. The van der Waals surface area contributed by atoms with Gasteiger partial charge < -0.3 is 5.32 Å². The van der Waals surface area contributed by atoms with Crippen molar-refractivity contribution in [3.8, 4) is 0 Å². The molecule has 1 N–H and O–H groups in total. The number of aromatic nitrogens is 2. The van der Waals surface area contributed by atoms with E-state index in [-0.39, 0.29) is 0 Å². The molecule has 12 heteroatoms. The van der Waals surface area contributed by atoms with Gasteiger partial charge in [-0.3, -0.25) is 14.9 Å². The maximum absolute atomic E-state index is 13.3. The smallest absolute Gasteiger partial charge is 0.325 e. The quantitative estimate of drug-likeness (QED) is 0.234. The molecule has 30 heavy (non-hydrogen) atoms. The number of nitrogens with zero attached hydrogens (tertiary/aromatic N) is 3. The van der Waals surface area contributed by atoms with Crippen LogP contribution in [0.3, 0.4) is 0 Å². The number of anilines is 1. The standard InChI is InChI=1S/C18H15F3N4O3S2/c1-3-11-7-12-16(22-8-23-17(12)30-11)29-9(2)15(26)24-14-5-4-10(25(27)28)6-13(14)18(19,20)21/h4-9H,3H2,1-2H3,(H,24,26). The van der Waals surface area contributed by atoms with Crippen molar-refractivity contribution >= 4 is 50.6 Å². The monoisotopic (exact) mass is 456 g/mol. The molecule has 0 radical (unpaired) electrons. The number of hydrogen-bond acceptors (Lipinski definition) is 7.